The highest BCUT2D eigenvalue weighted by molar-refractivity contribution is 5.76. The van der Waals surface area contributed by atoms with E-state index in [2.05, 4.69) is 5.32 Å². The third-order valence-electron chi connectivity index (χ3n) is 3.04. The Morgan fingerprint density at radius 1 is 1.21 bits per heavy atom. The molecule has 3 N–H and O–H groups in total. The molecule has 1 aromatic rings. The molecule has 0 radical (unpaired) electrons. The number of phenolic OH excluding ortho intramolecular Hbond substituents is 2. The summed E-state index contributed by atoms with van der Waals surface area (Å²) in [5, 5.41) is 22.7. The van der Waals surface area contributed by atoms with Crippen LogP contribution in [0.2, 0.25) is 0 Å². The number of carbonyl (C=O) groups excluding carboxylic acids is 1. The summed E-state index contributed by atoms with van der Waals surface area (Å²) in [6, 6.07) is 3.67. The maximum absolute atomic E-state index is 11.7. The molecule has 0 heterocycles. The van der Waals surface area contributed by atoms with Gasteiger partial charge in [-0.1, -0.05) is 19.9 Å². The summed E-state index contributed by atoms with van der Waals surface area (Å²) in [7, 11) is 1.33. The minimum Gasteiger partial charge on any atom is -0.507 e. The SMILES string of the molecule is COC(=O)[C@@H](NC(C)c1c(O)cccc1O)C(C)C. The van der Waals surface area contributed by atoms with Gasteiger partial charge < -0.3 is 14.9 Å². The van der Waals surface area contributed by atoms with Crippen LogP contribution in [0.25, 0.3) is 0 Å². The molecule has 0 amide bonds. The molecule has 0 aromatic heterocycles. The Balaban J connectivity index is 2.94. The van der Waals surface area contributed by atoms with Gasteiger partial charge in [0.05, 0.1) is 12.7 Å². The molecule has 5 heteroatoms. The second-order valence-corrected chi connectivity index (χ2v) is 4.84. The fourth-order valence-corrected chi connectivity index (χ4v) is 2.00. The summed E-state index contributed by atoms with van der Waals surface area (Å²) in [4.78, 5) is 11.7. The molecule has 1 rings (SSSR count). The number of aromatic hydroxyl groups is 2. The largest absolute Gasteiger partial charge is 0.507 e. The van der Waals surface area contributed by atoms with Crippen LogP contribution >= 0.6 is 0 Å². The molecule has 1 unspecified atom stereocenters. The zero-order chi connectivity index (χ0) is 14.6. The molecule has 1 aromatic carbocycles. The lowest BCUT2D eigenvalue weighted by Crippen LogP contribution is -2.43. The zero-order valence-corrected chi connectivity index (χ0v) is 11.7. The number of rotatable bonds is 5. The molecule has 2 atom stereocenters. The van der Waals surface area contributed by atoms with Gasteiger partial charge in [0.25, 0.3) is 0 Å². The first-order valence-corrected chi connectivity index (χ1v) is 6.23. The Labute approximate surface area is 113 Å². The van der Waals surface area contributed by atoms with Crippen LogP contribution in [0, 0.1) is 5.92 Å². The van der Waals surface area contributed by atoms with Gasteiger partial charge in [-0.25, -0.2) is 0 Å². The van der Waals surface area contributed by atoms with E-state index in [1.165, 1.54) is 19.2 Å². The van der Waals surface area contributed by atoms with Crippen molar-refractivity contribution < 1.29 is 19.7 Å². The van der Waals surface area contributed by atoms with Gasteiger partial charge in [0.15, 0.2) is 0 Å². The molecule has 0 aliphatic carbocycles. The number of carbonyl (C=O) groups is 1. The van der Waals surface area contributed by atoms with Gasteiger partial charge in [-0.3, -0.25) is 10.1 Å². The lowest BCUT2D eigenvalue weighted by molar-refractivity contribution is -0.144. The van der Waals surface area contributed by atoms with Gasteiger partial charge in [0, 0.05) is 6.04 Å². The summed E-state index contributed by atoms with van der Waals surface area (Å²) in [6.07, 6.45) is 0. The van der Waals surface area contributed by atoms with Crippen molar-refractivity contribution in [2.45, 2.75) is 32.9 Å². The monoisotopic (exact) mass is 267 g/mol. The summed E-state index contributed by atoms with van der Waals surface area (Å²) in [5.41, 5.74) is 0.372. The van der Waals surface area contributed by atoms with Crippen molar-refractivity contribution in [3.63, 3.8) is 0 Å². The van der Waals surface area contributed by atoms with Crippen molar-refractivity contribution in [1.29, 1.82) is 0 Å². The number of ether oxygens (including phenoxy) is 1. The molecule has 19 heavy (non-hydrogen) atoms. The summed E-state index contributed by atoms with van der Waals surface area (Å²) in [5.74, 6) is -0.348. The van der Waals surface area contributed by atoms with E-state index in [9.17, 15) is 15.0 Å². The molecule has 0 spiro atoms. The number of hydrogen-bond donors (Lipinski definition) is 3. The lowest BCUT2D eigenvalue weighted by atomic mass is 10.00. The highest BCUT2D eigenvalue weighted by Gasteiger charge is 2.26. The molecule has 5 nitrogen and oxygen atoms in total. The van der Waals surface area contributed by atoms with E-state index < -0.39 is 6.04 Å². The summed E-state index contributed by atoms with van der Waals surface area (Å²) >= 11 is 0. The quantitative estimate of drug-likeness (QED) is 0.711. The Morgan fingerprint density at radius 2 is 1.74 bits per heavy atom. The summed E-state index contributed by atoms with van der Waals surface area (Å²) < 4.78 is 4.74. The molecule has 0 saturated carbocycles. The first-order valence-electron chi connectivity index (χ1n) is 6.23. The van der Waals surface area contributed by atoms with Gasteiger partial charge in [-0.2, -0.15) is 0 Å². The molecule has 0 fully saturated rings. The number of phenols is 2. The Morgan fingerprint density at radius 3 is 2.16 bits per heavy atom. The fourth-order valence-electron chi connectivity index (χ4n) is 2.00. The van der Waals surface area contributed by atoms with Crippen molar-refractivity contribution in [2.75, 3.05) is 7.11 Å². The van der Waals surface area contributed by atoms with Crippen LogP contribution in [-0.4, -0.2) is 29.3 Å². The van der Waals surface area contributed by atoms with E-state index in [0.29, 0.717) is 5.56 Å². The predicted octanol–water partition coefficient (Wildman–Crippen LogP) is 1.95. The minimum atomic E-state index is -0.501. The van der Waals surface area contributed by atoms with E-state index in [1.807, 2.05) is 13.8 Å². The van der Waals surface area contributed by atoms with Crippen molar-refractivity contribution in [2.24, 2.45) is 5.92 Å². The van der Waals surface area contributed by atoms with Crippen LogP contribution < -0.4 is 5.32 Å². The molecular weight excluding hydrogens is 246 g/mol. The highest BCUT2D eigenvalue weighted by Crippen LogP contribution is 2.32. The molecule has 0 bridgehead atoms. The predicted molar refractivity (Wildman–Crippen MR) is 72.0 cm³/mol. The van der Waals surface area contributed by atoms with E-state index in [4.69, 9.17) is 4.74 Å². The highest BCUT2D eigenvalue weighted by atomic mass is 16.5. The number of nitrogens with one attached hydrogen (secondary N) is 1. The molecule has 0 saturated heterocycles. The van der Waals surface area contributed by atoms with E-state index in [0.717, 1.165) is 0 Å². The van der Waals surface area contributed by atoms with Gasteiger partial charge in [0.1, 0.15) is 17.5 Å². The molecular formula is C14H21NO4. The topological polar surface area (TPSA) is 78.8 Å². The third-order valence-corrected chi connectivity index (χ3v) is 3.04. The van der Waals surface area contributed by atoms with Crippen molar-refractivity contribution >= 4 is 5.97 Å². The number of methoxy groups -OCH3 is 1. The minimum absolute atomic E-state index is 0.00706. The average molecular weight is 267 g/mol. The summed E-state index contributed by atoms with van der Waals surface area (Å²) in [6.45, 7) is 5.56. The molecule has 0 aliphatic rings. The average Bonchev–Trinajstić information content (AvgIpc) is 2.34. The van der Waals surface area contributed by atoms with Gasteiger partial charge in [-0.05, 0) is 25.0 Å². The van der Waals surface area contributed by atoms with Gasteiger partial charge >= 0.3 is 5.97 Å². The smallest absolute Gasteiger partial charge is 0.323 e. The van der Waals surface area contributed by atoms with Crippen LogP contribution in [-0.2, 0) is 9.53 Å². The number of esters is 1. The van der Waals surface area contributed by atoms with Crippen LogP contribution in [0.15, 0.2) is 18.2 Å². The Kier molecular flexibility index (Phi) is 5.18. The fraction of sp³-hybridized carbons (Fsp3) is 0.500. The van der Waals surface area contributed by atoms with E-state index in [1.54, 1.807) is 13.0 Å². The first-order chi connectivity index (χ1) is 8.88. The normalized spacial score (nSPS) is 14.2. The third kappa shape index (κ3) is 3.61. The van der Waals surface area contributed by atoms with Crippen molar-refractivity contribution in [1.82, 2.24) is 5.32 Å². The maximum Gasteiger partial charge on any atom is 0.323 e. The Hall–Kier alpha value is -1.75. The van der Waals surface area contributed by atoms with E-state index >= 15 is 0 Å². The second-order valence-electron chi connectivity index (χ2n) is 4.84. The second kappa shape index (κ2) is 6.43. The van der Waals surface area contributed by atoms with Crippen LogP contribution in [0.3, 0.4) is 0 Å². The van der Waals surface area contributed by atoms with Crippen LogP contribution in [0.5, 0.6) is 11.5 Å². The molecule has 0 aliphatic heterocycles. The molecule has 106 valence electrons. The van der Waals surface area contributed by atoms with Crippen LogP contribution in [0.4, 0.5) is 0 Å². The first kappa shape index (κ1) is 15.3. The van der Waals surface area contributed by atoms with Gasteiger partial charge in [0.2, 0.25) is 0 Å². The lowest BCUT2D eigenvalue weighted by Gasteiger charge is -2.25. The van der Waals surface area contributed by atoms with Crippen molar-refractivity contribution in [3.05, 3.63) is 23.8 Å². The standard InChI is InChI=1S/C14H21NO4/c1-8(2)13(14(18)19-4)15-9(3)12-10(16)6-5-7-11(12)17/h5-9,13,15-17H,1-4H3/t9?,13-/m0/s1. The Bertz CT molecular complexity index is 425. The number of benzene rings is 1. The van der Waals surface area contributed by atoms with Crippen molar-refractivity contribution in [3.8, 4) is 11.5 Å². The van der Waals surface area contributed by atoms with Crippen LogP contribution in [0.1, 0.15) is 32.4 Å². The zero-order valence-electron chi connectivity index (χ0n) is 11.7. The number of hydrogen-bond acceptors (Lipinski definition) is 5. The van der Waals surface area contributed by atoms with E-state index in [-0.39, 0.29) is 29.4 Å². The van der Waals surface area contributed by atoms with Gasteiger partial charge in [-0.15, -0.1) is 0 Å². The maximum atomic E-state index is 11.7.